The molecule has 34 heavy (non-hydrogen) atoms. The third-order valence-corrected chi connectivity index (χ3v) is 7.33. The molecule has 1 rings (SSSR count). The second kappa shape index (κ2) is 23.9. The number of aliphatic hydroxyl groups excluding tert-OH is 1. The van der Waals surface area contributed by atoms with Crippen molar-refractivity contribution in [2.75, 3.05) is 0 Å². The molecule has 3 nitrogen and oxygen atoms in total. The van der Waals surface area contributed by atoms with E-state index in [1.807, 2.05) is 0 Å². The zero-order valence-electron chi connectivity index (χ0n) is 23.3. The predicted molar refractivity (Wildman–Crippen MR) is 148 cm³/mol. The van der Waals surface area contributed by atoms with Crippen molar-refractivity contribution in [3.63, 3.8) is 0 Å². The minimum absolute atomic E-state index is 0.207. The molecule has 0 aliphatic heterocycles. The Kier molecular flexibility index (Phi) is 21.9. The molecule has 1 unspecified atom stereocenters. The summed E-state index contributed by atoms with van der Waals surface area (Å²) in [6.45, 7) is 6.42. The van der Waals surface area contributed by atoms with Crippen molar-refractivity contribution < 1.29 is 9.67 Å². The molecule has 1 atom stereocenters. The van der Waals surface area contributed by atoms with Crippen LogP contribution in [0, 0.1) is 0 Å². The van der Waals surface area contributed by atoms with Gasteiger partial charge in [0.15, 0.2) is 0 Å². The van der Waals surface area contributed by atoms with Crippen molar-refractivity contribution in [1.29, 1.82) is 0 Å². The van der Waals surface area contributed by atoms with Crippen LogP contribution in [0.15, 0.2) is 18.7 Å². The molecule has 200 valence electrons. The van der Waals surface area contributed by atoms with Crippen LogP contribution in [0.3, 0.4) is 0 Å². The van der Waals surface area contributed by atoms with E-state index in [4.69, 9.17) is 0 Å². The topological polar surface area (TPSA) is 29.0 Å². The molecule has 0 aliphatic carbocycles. The van der Waals surface area contributed by atoms with Crippen molar-refractivity contribution in [2.45, 2.75) is 181 Å². The molecule has 1 N–H and O–H groups in total. The van der Waals surface area contributed by atoms with Gasteiger partial charge < -0.3 is 5.11 Å². The SMILES string of the molecule is CCCCCCCCCCCCCCn1cc[n+](CC(O)CCCCCCCCCCCC)c1. The van der Waals surface area contributed by atoms with E-state index < -0.39 is 0 Å². The number of aromatic nitrogens is 2. The number of hydrogen-bond donors (Lipinski definition) is 1. The second-order valence-corrected chi connectivity index (χ2v) is 10.9. The molecule has 0 bridgehead atoms. The van der Waals surface area contributed by atoms with E-state index in [1.54, 1.807) is 0 Å². The Morgan fingerprint density at radius 2 is 1.00 bits per heavy atom. The van der Waals surface area contributed by atoms with Crippen LogP contribution in [-0.4, -0.2) is 15.8 Å². The molecule has 0 aromatic carbocycles. The first-order chi connectivity index (χ1) is 16.8. The molecule has 3 heteroatoms. The largest absolute Gasteiger partial charge is 0.389 e. The minimum Gasteiger partial charge on any atom is -0.389 e. The van der Waals surface area contributed by atoms with Crippen LogP contribution in [0.25, 0.3) is 0 Å². The highest BCUT2D eigenvalue weighted by Crippen LogP contribution is 2.13. The number of imidazole rings is 1. The summed E-state index contributed by atoms with van der Waals surface area (Å²) in [4.78, 5) is 0. The Labute approximate surface area is 213 Å². The Hall–Kier alpha value is -0.830. The standard InChI is InChI=1S/C31H61N2O/c1-3-5-7-9-11-13-15-16-18-20-22-24-26-32-27-28-33(30-32)29-31(34)25-23-21-19-17-14-12-10-8-6-4-2/h27-28,30-31,34H,3-26,29H2,1-2H3/q+1. The molecular formula is C31H61N2O+. The van der Waals surface area contributed by atoms with E-state index in [0.29, 0.717) is 0 Å². The fourth-order valence-electron chi connectivity index (χ4n) is 5.02. The quantitative estimate of drug-likeness (QED) is 0.105. The molecule has 0 radical (unpaired) electrons. The highest BCUT2D eigenvalue weighted by Gasteiger charge is 2.10. The predicted octanol–water partition coefficient (Wildman–Crippen LogP) is 9.15. The highest BCUT2D eigenvalue weighted by molar-refractivity contribution is 4.67. The van der Waals surface area contributed by atoms with Gasteiger partial charge in [-0.3, -0.25) is 0 Å². The van der Waals surface area contributed by atoms with Crippen molar-refractivity contribution >= 4 is 0 Å². The van der Waals surface area contributed by atoms with Crippen molar-refractivity contribution in [3.05, 3.63) is 18.7 Å². The first-order valence-electron chi connectivity index (χ1n) is 15.5. The van der Waals surface area contributed by atoms with Gasteiger partial charge in [-0.25, -0.2) is 9.13 Å². The average molecular weight is 478 g/mol. The Morgan fingerprint density at radius 3 is 1.47 bits per heavy atom. The monoisotopic (exact) mass is 477 g/mol. The molecule has 1 aromatic heterocycles. The van der Waals surface area contributed by atoms with Gasteiger partial charge in [-0.05, 0) is 19.3 Å². The van der Waals surface area contributed by atoms with Gasteiger partial charge in [0.05, 0.1) is 12.6 Å². The van der Waals surface area contributed by atoms with Crippen LogP contribution in [0.5, 0.6) is 0 Å². The van der Waals surface area contributed by atoms with Crippen LogP contribution >= 0.6 is 0 Å². The Morgan fingerprint density at radius 1 is 0.588 bits per heavy atom. The maximum absolute atomic E-state index is 10.4. The van der Waals surface area contributed by atoms with Crippen LogP contribution in [-0.2, 0) is 13.1 Å². The smallest absolute Gasteiger partial charge is 0.243 e. The van der Waals surface area contributed by atoms with Crippen LogP contribution in [0.2, 0.25) is 0 Å². The number of rotatable bonds is 26. The van der Waals surface area contributed by atoms with E-state index in [-0.39, 0.29) is 6.10 Å². The molecule has 0 saturated heterocycles. The summed E-state index contributed by atoms with van der Waals surface area (Å²) >= 11 is 0. The molecule has 0 spiro atoms. The first kappa shape index (κ1) is 31.2. The van der Waals surface area contributed by atoms with Crippen molar-refractivity contribution in [1.82, 2.24) is 4.57 Å². The lowest BCUT2D eigenvalue weighted by atomic mass is 10.0. The Bertz CT molecular complexity index is 527. The number of aliphatic hydroxyl groups is 1. The van der Waals surface area contributed by atoms with Crippen LogP contribution < -0.4 is 4.57 Å². The third kappa shape index (κ3) is 19.5. The van der Waals surface area contributed by atoms with Crippen molar-refractivity contribution in [3.8, 4) is 0 Å². The first-order valence-corrected chi connectivity index (χ1v) is 15.5. The average Bonchev–Trinajstić information content (AvgIpc) is 3.28. The van der Waals surface area contributed by atoms with E-state index >= 15 is 0 Å². The van der Waals surface area contributed by atoms with E-state index in [2.05, 4.69) is 41.7 Å². The van der Waals surface area contributed by atoms with Gasteiger partial charge in [0, 0.05) is 0 Å². The van der Waals surface area contributed by atoms with Gasteiger partial charge in [0.1, 0.15) is 18.9 Å². The molecular weight excluding hydrogens is 416 g/mol. The third-order valence-electron chi connectivity index (χ3n) is 7.33. The van der Waals surface area contributed by atoms with Gasteiger partial charge in [-0.1, -0.05) is 142 Å². The highest BCUT2D eigenvalue weighted by atomic mass is 16.3. The number of hydrogen-bond acceptors (Lipinski definition) is 1. The summed E-state index contributed by atoms with van der Waals surface area (Å²) in [5, 5.41) is 10.4. The summed E-state index contributed by atoms with van der Waals surface area (Å²) < 4.78 is 4.46. The molecule has 0 saturated carbocycles. The maximum atomic E-state index is 10.4. The maximum Gasteiger partial charge on any atom is 0.243 e. The molecule has 0 fully saturated rings. The van der Waals surface area contributed by atoms with E-state index in [9.17, 15) is 5.11 Å². The van der Waals surface area contributed by atoms with Crippen LogP contribution in [0.4, 0.5) is 0 Å². The second-order valence-electron chi connectivity index (χ2n) is 10.9. The fourth-order valence-corrected chi connectivity index (χ4v) is 5.02. The summed E-state index contributed by atoms with van der Waals surface area (Å²) in [7, 11) is 0. The van der Waals surface area contributed by atoms with E-state index in [1.165, 1.54) is 135 Å². The zero-order valence-corrected chi connectivity index (χ0v) is 23.3. The lowest BCUT2D eigenvalue weighted by Gasteiger charge is -2.08. The minimum atomic E-state index is -0.207. The zero-order chi connectivity index (χ0) is 24.5. The number of unbranched alkanes of at least 4 members (excludes halogenated alkanes) is 20. The lowest BCUT2D eigenvalue weighted by molar-refractivity contribution is -0.703. The normalized spacial score (nSPS) is 12.4. The van der Waals surface area contributed by atoms with Gasteiger partial charge in [0.2, 0.25) is 6.33 Å². The number of aryl methyl sites for hydroxylation is 1. The molecule has 1 aromatic rings. The number of nitrogens with zero attached hydrogens (tertiary/aromatic N) is 2. The summed E-state index contributed by atoms with van der Waals surface area (Å²) in [6.07, 6.45) is 37.6. The summed E-state index contributed by atoms with van der Waals surface area (Å²) in [5.41, 5.74) is 0. The lowest BCUT2D eigenvalue weighted by Crippen LogP contribution is -2.38. The summed E-state index contributed by atoms with van der Waals surface area (Å²) in [5.74, 6) is 0. The molecule has 0 aliphatic rings. The van der Waals surface area contributed by atoms with Gasteiger partial charge in [0.25, 0.3) is 0 Å². The van der Waals surface area contributed by atoms with E-state index in [0.717, 1.165) is 25.9 Å². The fraction of sp³-hybridized carbons (Fsp3) is 0.903. The van der Waals surface area contributed by atoms with Gasteiger partial charge in [-0.15, -0.1) is 0 Å². The van der Waals surface area contributed by atoms with Crippen LogP contribution in [0.1, 0.15) is 162 Å². The van der Waals surface area contributed by atoms with Gasteiger partial charge in [-0.2, -0.15) is 0 Å². The summed E-state index contributed by atoms with van der Waals surface area (Å²) in [6, 6.07) is 0. The van der Waals surface area contributed by atoms with Gasteiger partial charge >= 0.3 is 0 Å². The molecule has 0 amide bonds. The van der Waals surface area contributed by atoms with Crippen molar-refractivity contribution in [2.24, 2.45) is 0 Å². The Balaban J connectivity index is 1.92. The molecule has 1 heterocycles.